The standard InChI is InChI=1S/C28H26N8O/c1-16-14-36(15-31-16)26-21-11-24(33-22(21)7-8-30-26)25-20-10-17(5-6-23(20)34-35-25)18-9-19(13-29-12-18)32-27(37)28(2,3)4/h5-15,33H,1-4H3,(H,32,37)(H,34,35). The average Bonchev–Trinajstić information content (AvgIpc) is 3.60. The van der Waals surface area contributed by atoms with Crippen molar-refractivity contribution in [2.45, 2.75) is 27.7 Å². The van der Waals surface area contributed by atoms with Crippen LogP contribution in [-0.4, -0.2) is 40.6 Å². The largest absolute Gasteiger partial charge is 0.353 e. The minimum atomic E-state index is -0.494. The lowest BCUT2D eigenvalue weighted by molar-refractivity contribution is -0.123. The minimum absolute atomic E-state index is 0.0578. The van der Waals surface area contributed by atoms with Gasteiger partial charge in [0.05, 0.1) is 34.3 Å². The summed E-state index contributed by atoms with van der Waals surface area (Å²) in [6.45, 7) is 7.60. The number of carbonyl (C=O) groups excluding carboxylic acids is 1. The first kappa shape index (κ1) is 22.7. The highest BCUT2D eigenvalue weighted by atomic mass is 16.2. The maximum atomic E-state index is 12.4. The second-order valence-electron chi connectivity index (χ2n) is 10.2. The molecule has 0 saturated heterocycles. The lowest BCUT2D eigenvalue weighted by atomic mass is 9.95. The summed E-state index contributed by atoms with van der Waals surface area (Å²) in [5, 5.41) is 12.7. The number of fused-ring (bicyclic) bond motifs is 2. The molecule has 5 aromatic heterocycles. The number of nitrogens with zero attached hydrogens (tertiary/aromatic N) is 5. The van der Waals surface area contributed by atoms with E-state index in [1.165, 1.54) is 0 Å². The number of anilines is 1. The number of aromatic amines is 2. The number of hydrogen-bond donors (Lipinski definition) is 3. The van der Waals surface area contributed by atoms with Crippen LogP contribution < -0.4 is 5.32 Å². The number of aromatic nitrogens is 7. The van der Waals surface area contributed by atoms with E-state index in [0.717, 1.165) is 55.8 Å². The molecule has 9 heteroatoms. The first-order valence-electron chi connectivity index (χ1n) is 12.0. The summed E-state index contributed by atoms with van der Waals surface area (Å²) >= 11 is 0. The molecule has 0 atom stereocenters. The van der Waals surface area contributed by atoms with Crippen LogP contribution in [0.15, 0.2) is 67.5 Å². The molecule has 0 aliphatic heterocycles. The van der Waals surface area contributed by atoms with Crippen LogP contribution in [0.5, 0.6) is 0 Å². The van der Waals surface area contributed by atoms with Crippen molar-refractivity contribution >= 4 is 33.4 Å². The van der Waals surface area contributed by atoms with E-state index in [1.54, 1.807) is 24.9 Å². The first-order chi connectivity index (χ1) is 17.8. The SMILES string of the molecule is Cc1cn(-c2nccc3[nH]c(-c4n[nH]c5ccc(-c6cncc(NC(=O)C(C)(C)C)c6)cc45)cc23)cn1. The van der Waals surface area contributed by atoms with E-state index in [9.17, 15) is 4.79 Å². The zero-order valence-electron chi connectivity index (χ0n) is 21.0. The molecule has 1 aromatic carbocycles. The predicted octanol–water partition coefficient (Wildman–Crippen LogP) is 5.65. The van der Waals surface area contributed by atoms with Crippen LogP contribution in [0.3, 0.4) is 0 Å². The third-order valence-electron chi connectivity index (χ3n) is 6.31. The molecule has 0 saturated carbocycles. The predicted molar refractivity (Wildman–Crippen MR) is 144 cm³/mol. The topological polar surface area (TPSA) is 117 Å². The van der Waals surface area contributed by atoms with Crippen molar-refractivity contribution in [1.29, 1.82) is 0 Å². The number of aryl methyl sites for hydroxylation is 1. The van der Waals surface area contributed by atoms with Gasteiger partial charge in [-0.3, -0.25) is 19.4 Å². The smallest absolute Gasteiger partial charge is 0.229 e. The summed E-state index contributed by atoms with van der Waals surface area (Å²) in [5.41, 5.74) is 6.55. The fourth-order valence-corrected chi connectivity index (χ4v) is 4.29. The molecule has 0 fully saturated rings. The summed E-state index contributed by atoms with van der Waals surface area (Å²) in [6.07, 6.45) is 8.96. The molecule has 184 valence electrons. The van der Waals surface area contributed by atoms with E-state index in [0.29, 0.717) is 5.69 Å². The highest BCUT2D eigenvalue weighted by molar-refractivity contribution is 5.99. The van der Waals surface area contributed by atoms with Crippen LogP contribution >= 0.6 is 0 Å². The van der Waals surface area contributed by atoms with Crippen molar-refractivity contribution in [3.63, 3.8) is 0 Å². The van der Waals surface area contributed by atoms with Gasteiger partial charge in [-0.25, -0.2) is 9.97 Å². The van der Waals surface area contributed by atoms with Gasteiger partial charge in [0.2, 0.25) is 5.91 Å². The Morgan fingerprint density at radius 1 is 0.973 bits per heavy atom. The third-order valence-corrected chi connectivity index (χ3v) is 6.31. The average molecular weight is 491 g/mol. The second-order valence-corrected chi connectivity index (χ2v) is 10.2. The number of H-pyrrole nitrogens is 2. The van der Waals surface area contributed by atoms with Crippen molar-refractivity contribution in [3.8, 4) is 28.3 Å². The van der Waals surface area contributed by atoms with Gasteiger partial charge >= 0.3 is 0 Å². The Morgan fingerprint density at radius 2 is 1.84 bits per heavy atom. The van der Waals surface area contributed by atoms with Gasteiger partial charge in [0.15, 0.2) is 0 Å². The van der Waals surface area contributed by atoms with Crippen molar-refractivity contribution in [1.82, 2.24) is 34.7 Å². The maximum Gasteiger partial charge on any atom is 0.229 e. The van der Waals surface area contributed by atoms with E-state index in [1.807, 2.05) is 62.7 Å². The maximum absolute atomic E-state index is 12.4. The fourth-order valence-electron chi connectivity index (χ4n) is 4.29. The summed E-state index contributed by atoms with van der Waals surface area (Å²) in [5.74, 6) is 0.749. The van der Waals surface area contributed by atoms with Crippen LogP contribution in [0.4, 0.5) is 5.69 Å². The van der Waals surface area contributed by atoms with Crippen LogP contribution in [0.25, 0.3) is 50.1 Å². The molecule has 0 aliphatic carbocycles. The molecule has 9 nitrogen and oxygen atoms in total. The van der Waals surface area contributed by atoms with Crippen LogP contribution in [0, 0.1) is 12.3 Å². The summed E-state index contributed by atoms with van der Waals surface area (Å²) in [4.78, 5) is 29.2. The fraction of sp³-hybridized carbons (Fsp3) is 0.179. The summed E-state index contributed by atoms with van der Waals surface area (Å²) in [6, 6.07) is 12.1. The molecule has 0 unspecified atom stereocenters. The van der Waals surface area contributed by atoms with Gasteiger partial charge in [-0.05, 0) is 42.8 Å². The van der Waals surface area contributed by atoms with Crippen LogP contribution in [0.1, 0.15) is 26.5 Å². The number of pyridine rings is 2. The molecule has 3 N–H and O–H groups in total. The van der Waals surface area contributed by atoms with Crippen molar-refractivity contribution in [3.05, 3.63) is 73.2 Å². The number of imidazole rings is 1. The molecule has 0 radical (unpaired) electrons. The molecule has 5 heterocycles. The molecule has 6 aromatic rings. The Bertz CT molecular complexity index is 1780. The van der Waals surface area contributed by atoms with Gasteiger partial charge in [-0.15, -0.1) is 0 Å². The Kier molecular flexibility index (Phi) is 5.15. The van der Waals surface area contributed by atoms with Crippen molar-refractivity contribution in [2.75, 3.05) is 5.32 Å². The van der Waals surface area contributed by atoms with E-state index in [2.05, 4.69) is 47.6 Å². The summed E-state index contributed by atoms with van der Waals surface area (Å²) in [7, 11) is 0. The zero-order chi connectivity index (χ0) is 25.7. The molecule has 37 heavy (non-hydrogen) atoms. The van der Waals surface area contributed by atoms with Gasteiger partial charge in [0, 0.05) is 40.3 Å². The van der Waals surface area contributed by atoms with Crippen LogP contribution in [0.2, 0.25) is 0 Å². The zero-order valence-corrected chi connectivity index (χ0v) is 21.0. The quantitative estimate of drug-likeness (QED) is 0.295. The van der Waals surface area contributed by atoms with E-state index < -0.39 is 5.41 Å². The minimum Gasteiger partial charge on any atom is -0.353 e. The first-order valence-corrected chi connectivity index (χ1v) is 12.0. The number of carbonyl (C=O) groups is 1. The number of benzene rings is 1. The number of nitrogens with one attached hydrogen (secondary N) is 3. The van der Waals surface area contributed by atoms with Gasteiger partial charge in [0.1, 0.15) is 17.8 Å². The molecular weight excluding hydrogens is 464 g/mol. The van der Waals surface area contributed by atoms with E-state index >= 15 is 0 Å². The number of hydrogen-bond acceptors (Lipinski definition) is 5. The molecule has 6 rings (SSSR count). The number of amides is 1. The molecule has 0 spiro atoms. The van der Waals surface area contributed by atoms with Gasteiger partial charge in [-0.1, -0.05) is 26.8 Å². The summed E-state index contributed by atoms with van der Waals surface area (Å²) < 4.78 is 1.93. The molecule has 1 amide bonds. The second kappa shape index (κ2) is 8.41. The van der Waals surface area contributed by atoms with Crippen molar-refractivity contribution < 1.29 is 4.79 Å². The van der Waals surface area contributed by atoms with Gasteiger partial charge in [0.25, 0.3) is 0 Å². The Morgan fingerprint density at radius 3 is 2.62 bits per heavy atom. The number of rotatable bonds is 4. The monoisotopic (exact) mass is 490 g/mol. The Labute approximate surface area is 213 Å². The third kappa shape index (κ3) is 4.14. The van der Waals surface area contributed by atoms with Gasteiger partial charge < -0.3 is 10.3 Å². The highest BCUT2D eigenvalue weighted by Gasteiger charge is 2.21. The Balaban J connectivity index is 1.40. The Hall–Kier alpha value is -4.79. The molecule has 0 aliphatic rings. The lowest BCUT2D eigenvalue weighted by Crippen LogP contribution is -2.27. The highest BCUT2D eigenvalue weighted by Crippen LogP contribution is 2.33. The van der Waals surface area contributed by atoms with Crippen molar-refractivity contribution in [2.24, 2.45) is 5.41 Å². The van der Waals surface area contributed by atoms with Crippen LogP contribution in [-0.2, 0) is 4.79 Å². The molecular formula is C28H26N8O. The molecule has 0 bridgehead atoms. The van der Waals surface area contributed by atoms with Gasteiger partial charge in [-0.2, -0.15) is 5.10 Å². The normalized spacial score (nSPS) is 11.9. The van der Waals surface area contributed by atoms with E-state index in [4.69, 9.17) is 0 Å². The van der Waals surface area contributed by atoms with E-state index in [-0.39, 0.29) is 5.91 Å². The lowest BCUT2D eigenvalue weighted by Gasteiger charge is -2.17.